The first-order valence-electron chi connectivity index (χ1n) is 8.32. The minimum atomic E-state index is -0.161. The molecule has 0 bridgehead atoms. The fourth-order valence-corrected chi connectivity index (χ4v) is 2.19. The molecule has 120 valence electrons. The quantitative estimate of drug-likeness (QED) is 0.230. The van der Waals surface area contributed by atoms with Crippen LogP contribution in [0.15, 0.2) is 54.8 Å². The summed E-state index contributed by atoms with van der Waals surface area (Å²) >= 11 is 0. The van der Waals surface area contributed by atoms with Gasteiger partial charge < -0.3 is 4.74 Å². The van der Waals surface area contributed by atoms with Crippen LogP contribution in [0.3, 0.4) is 0 Å². The maximum atomic E-state index is 11.6. The zero-order valence-electron chi connectivity index (χ0n) is 13.7. The van der Waals surface area contributed by atoms with Crippen molar-refractivity contribution in [2.45, 2.75) is 58.3 Å². The molecule has 0 atom stereocenters. The van der Waals surface area contributed by atoms with Gasteiger partial charge in [-0.2, -0.15) is 0 Å². The molecule has 0 fully saturated rings. The van der Waals surface area contributed by atoms with Crippen LogP contribution in [0, 0.1) is 0 Å². The van der Waals surface area contributed by atoms with Crippen LogP contribution in [0.1, 0.15) is 57.4 Å². The minimum Gasteiger partial charge on any atom is -0.435 e. The Hall–Kier alpha value is -1.83. The molecule has 2 nitrogen and oxygen atoms in total. The van der Waals surface area contributed by atoms with Gasteiger partial charge in [-0.05, 0) is 50.7 Å². The molecule has 0 amide bonds. The van der Waals surface area contributed by atoms with Crippen LogP contribution in [0.25, 0.3) is 0 Å². The molecule has 0 radical (unpaired) electrons. The first-order valence-corrected chi connectivity index (χ1v) is 8.32. The molecule has 0 N–H and O–H groups in total. The van der Waals surface area contributed by atoms with E-state index in [1.54, 1.807) is 6.26 Å². The van der Waals surface area contributed by atoms with Gasteiger partial charge in [0.15, 0.2) is 0 Å². The molecular weight excluding hydrogens is 272 g/mol. The number of aryl methyl sites for hydroxylation is 1. The lowest BCUT2D eigenvalue weighted by Gasteiger charge is -2.00. The summed E-state index contributed by atoms with van der Waals surface area (Å²) in [5.74, 6) is -0.161. The van der Waals surface area contributed by atoms with Crippen molar-refractivity contribution in [2.75, 3.05) is 0 Å². The number of benzene rings is 1. The summed E-state index contributed by atoms with van der Waals surface area (Å²) in [6.07, 6.45) is 16.1. The molecular formula is C20H28O2. The molecule has 0 aliphatic carbocycles. The lowest BCUT2D eigenvalue weighted by Crippen LogP contribution is -2.01. The summed E-state index contributed by atoms with van der Waals surface area (Å²) in [6, 6.07) is 10.0. The summed E-state index contributed by atoms with van der Waals surface area (Å²) in [5, 5.41) is 0. The van der Waals surface area contributed by atoms with Crippen LogP contribution >= 0.6 is 0 Å². The number of hydrogen-bond acceptors (Lipinski definition) is 2. The fourth-order valence-electron chi connectivity index (χ4n) is 2.19. The first-order chi connectivity index (χ1) is 10.8. The molecule has 0 aliphatic heterocycles. The first kappa shape index (κ1) is 18.2. The molecule has 0 aromatic heterocycles. The van der Waals surface area contributed by atoms with Crippen molar-refractivity contribution < 1.29 is 9.53 Å². The average molecular weight is 300 g/mol. The summed E-state index contributed by atoms with van der Waals surface area (Å²) in [5.41, 5.74) is 1.17. The molecule has 0 unspecified atom stereocenters. The van der Waals surface area contributed by atoms with E-state index < -0.39 is 0 Å². The van der Waals surface area contributed by atoms with E-state index in [-0.39, 0.29) is 5.97 Å². The summed E-state index contributed by atoms with van der Waals surface area (Å²) < 4.78 is 5.09. The predicted octanol–water partition coefficient (Wildman–Crippen LogP) is 5.59. The second-order valence-electron chi connectivity index (χ2n) is 5.41. The number of carbonyl (C=O) groups excluding carboxylic acids is 1. The van der Waals surface area contributed by atoms with E-state index in [4.69, 9.17) is 4.74 Å². The van der Waals surface area contributed by atoms with Gasteiger partial charge in [-0.15, -0.1) is 0 Å². The predicted molar refractivity (Wildman–Crippen MR) is 92.5 cm³/mol. The Morgan fingerprint density at radius 1 is 1.00 bits per heavy atom. The van der Waals surface area contributed by atoms with Gasteiger partial charge in [-0.3, -0.25) is 4.79 Å². The van der Waals surface area contributed by atoms with Crippen molar-refractivity contribution in [3.8, 4) is 0 Å². The number of allylic oxidation sites excluding steroid dienone is 3. The minimum absolute atomic E-state index is 0.161. The van der Waals surface area contributed by atoms with E-state index in [0.717, 1.165) is 19.3 Å². The monoisotopic (exact) mass is 300 g/mol. The number of carbonyl (C=O) groups is 1. The van der Waals surface area contributed by atoms with Gasteiger partial charge >= 0.3 is 5.97 Å². The highest BCUT2D eigenvalue weighted by molar-refractivity contribution is 5.70. The Morgan fingerprint density at radius 3 is 2.36 bits per heavy atom. The van der Waals surface area contributed by atoms with Gasteiger partial charge in [0.1, 0.15) is 0 Å². The molecule has 1 aromatic rings. The second kappa shape index (κ2) is 12.9. The molecule has 0 heterocycles. The van der Waals surface area contributed by atoms with Crippen molar-refractivity contribution in [1.29, 1.82) is 0 Å². The van der Waals surface area contributed by atoms with E-state index >= 15 is 0 Å². The van der Waals surface area contributed by atoms with Gasteiger partial charge in [0, 0.05) is 6.42 Å². The Morgan fingerprint density at radius 2 is 1.68 bits per heavy atom. The van der Waals surface area contributed by atoms with Gasteiger partial charge in [-0.1, -0.05) is 55.3 Å². The van der Waals surface area contributed by atoms with Crippen LogP contribution < -0.4 is 0 Å². The Kier molecular flexibility index (Phi) is 10.7. The molecule has 0 spiro atoms. The van der Waals surface area contributed by atoms with Gasteiger partial charge in [0.05, 0.1) is 6.26 Å². The van der Waals surface area contributed by atoms with Crippen molar-refractivity contribution in [1.82, 2.24) is 0 Å². The molecule has 0 aliphatic rings. The van der Waals surface area contributed by atoms with E-state index in [1.807, 2.05) is 36.4 Å². The fraction of sp³-hybridized carbons (Fsp3) is 0.450. The largest absolute Gasteiger partial charge is 0.435 e. The van der Waals surface area contributed by atoms with Gasteiger partial charge in [0.25, 0.3) is 0 Å². The van der Waals surface area contributed by atoms with E-state index in [9.17, 15) is 4.79 Å². The number of rotatable bonds is 11. The smallest absolute Gasteiger partial charge is 0.310 e. The van der Waals surface area contributed by atoms with Crippen molar-refractivity contribution in [2.24, 2.45) is 0 Å². The Labute approximate surface area is 134 Å². The SMILES string of the molecule is CC=CCCCCCCC=COC(=O)CCc1ccccc1. The third kappa shape index (κ3) is 9.98. The second-order valence-corrected chi connectivity index (χ2v) is 5.41. The van der Waals surface area contributed by atoms with E-state index in [1.165, 1.54) is 31.2 Å². The number of esters is 1. The van der Waals surface area contributed by atoms with Crippen LogP contribution in [0.5, 0.6) is 0 Å². The maximum absolute atomic E-state index is 11.6. The average Bonchev–Trinajstić information content (AvgIpc) is 2.55. The van der Waals surface area contributed by atoms with Crippen LogP contribution in [-0.2, 0) is 16.0 Å². The van der Waals surface area contributed by atoms with Crippen molar-refractivity contribution >= 4 is 5.97 Å². The Bertz CT molecular complexity index is 446. The summed E-state index contributed by atoms with van der Waals surface area (Å²) in [4.78, 5) is 11.6. The molecule has 22 heavy (non-hydrogen) atoms. The molecule has 1 rings (SSSR count). The molecule has 2 heteroatoms. The Balaban J connectivity index is 1.97. The number of unbranched alkanes of at least 4 members (excludes halogenated alkanes) is 5. The lowest BCUT2D eigenvalue weighted by atomic mass is 10.1. The van der Waals surface area contributed by atoms with Gasteiger partial charge in [0.2, 0.25) is 0 Å². The number of ether oxygens (including phenoxy) is 1. The number of hydrogen-bond donors (Lipinski definition) is 0. The standard InChI is InChI=1S/C20H28O2/c1-2-3-4-5-6-7-8-9-13-18-22-20(21)17-16-19-14-11-10-12-15-19/h2-3,10-15,18H,4-9,16-17H2,1H3. The van der Waals surface area contributed by atoms with Crippen LogP contribution in [0.2, 0.25) is 0 Å². The summed E-state index contributed by atoms with van der Waals surface area (Å²) in [6.45, 7) is 2.06. The highest BCUT2D eigenvalue weighted by Gasteiger charge is 2.01. The zero-order valence-corrected chi connectivity index (χ0v) is 13.7. The third-order valence-corrected chi connectivity index (χ3v) is 3.48. The topological polar surface area (TPSA) is 26.3 Å². The zero-order chi connectivity index (χ0) is 15.9. The molecule has 0 saturated carbocycles. The van der Waals surface area contributed by atoms with E-state index in [2.05, 4.69) is 19.1 Å². The van der Waals surface area contributed by atoms with Crippen LogP contribution in [-0.4, -0.2) is 5.97 Å². The highest BCUT2D eigenvalue weighted by atomic mass is 16.5. The molecule has 0 saturated heterocycles. The van der Waals surface area contributed by atoms with Gasteiger partial charge in [-0.25, -0.2) is 0 Å². The lowest BCUT2D eigenvalue weighted by molar-refractivity contribution is -0.137. The van der Waals surface area contributed by atoms with E-state index in [0.29, 0.717) is 6.42 Å². The van der Waals surface area contributed by atoms with Crippen molar-refractivity contribution in [3.63, 3.8) is 0 Å². The summed E-state index contributed by atoms with van der Waals surface area (Å²) in [7, 11) is 0. The highest BCUT2D eigenvalue weighted by Crippen LogP contribution is 2.07. The third-order valence-electron chi connectivity index (χ3n) is 3.48. The van der Waals surface area contributed by atoms with Crippen molar-refractivity contribution in [3.05, 3.63) is 60.4 Å². The maximum Gasteiger partial charge on any atom is 0.310 e. The normalized spacial score (nSPS) is 11.3. The molecule has 1 aromatic carbocycles. The van der Waals surface area contributed by atoms with Crippen LogP contribution in [0.4, 0.5) is 0 Å².